The van der Waals surface area contributed by atoms with Gasteiger partial charge in [-0.1, -0.05) is 12.1 Å². The number of H-pyrrole nitrogens is 1. The predicted octanol–water partition coefficient (Wildman–Crippen LogP) is 2.47. The molecule has 0 saturated carbocycles. The molecule has 0 bridgehead atoms. The lowest BCUT2D eigenvalue weighted by Crippen LogP contribution is -2.02. The Labute approximate surface area is 87.4 Å². The molecule has 4 heteroatoms. The molecule has 0 aliphatic carbocycles. The van der Waals surface area contributed by atoms with Gasteiger partial charge in [0.15, 0.2) is 0 Å². The third kappa shape index (κ3) is 2.15. The fourth-order valence-electron chi connectivity index (χ4n) is 1.35. The maximum Gasteiger partial charge on any atom is 0.146 e. The fraction of sp³-hybridized carbons (Fsp3) is 0.182. The van der Waals surface area contributed by atoms with Gasteiger partial charge >= 0.3 is 0 Å². The summed E-state index contributed by atoms with van der Waals surface area (Å²) in [5.74, 6) is -0.245. The molecule has 2 N–H and O–H groups in total. The summed E-state index contributed by atoms with van der Waals surface area (Å²) in [5.41, 5.74) is 2.40. The second-order valence-corrected chi connectivity index (χ2v) is 3.31. The zero-order valence-corrected chi connectivity index (χ0v) is 8.42. The fourth-order valence-corrected chi connectivity index (χ4v) is 1.35. The highest BCUT2D eigenvalue weighted by Crippen LogP contribution is 2.13. The average Bonchev–Trinajstić information content (AvgIpc) is 2.63. The number of imidazole rings is 1. The van der Waals surface area contributed by atoms with Crippen molar-refractivity contribution in [3.05, 3.63) is 47.8 Å². The standard InChI is InChI=1S/C11H12FN3/c1-8-11(15-7-14-8)6-13-10-5-3-2-4-9(10)12/h2-5,7,13H,6H2,1H3,(H,14,15). The first-order valence-electron chi connectivity index (χ1n) is 4.74. The smallest absolute Gasteiger partial charge is 0.146 e. The summed E-state index contributed by atoms with van der Waals surface area (Å²) >= 11 is 0. The van der Waals surface area contributed by atoms with Gasteiger partial charge in [-0.25, -0.2) is 9.37 Å². The number of para-hydroxylation sites is 1. The molecule has 2 aromatic rings. The molecule has 0 amide bonds. The SMILES string of the molecule is Cc1[nH]cnc1CNc1ccccc1F. The van der Waals surface area contributed by atoms with E-state index < -0.39 is 0 Å². The molecular weight excluding hydrogens is 193 g/mol. The van der Waals surface area contributed by atoms with Crippen LogP contribution in [0.3, 0.4) is 0 Å². The van der Waals surface area contributed by atoms with Crippen LogP contribution in [-0.4, -0.2) is 9.97 Å². The maximum atomic E-state index is 13.2. The molecule has 1 aromatic carbocycles. The number of nitrogens with one attached hydrogen (secondary N) is 2. The molecular formula is C11H12FN3. The molecule has 0 aliphatic rings. The van der Waals surface area contributed by atoms with Gasteiger partial charge in [-0.3, -0.25) is 0 Å². The molecule has 0 saturated heterocycles. The van der Waals surface area contributed by atoms with E-state index in [-0.39, 0.29) is 5.82 Å². The topological polar surface area (TPSA) is 40.7 Å². The number of aromatic nitrogens is 2. The van der Waals surface area contributed by atoms with Crippen molar-refractivity contribution in [2.75, 3.05) is 5.32 Å². The Morgan fingerprint density at radius 2 is 2.20 bits per heavy atom. The number of aromatic amines is 1. The van der Waals surface area contributed by atoms with Gasteiger partial charge in [-0.2, -0.15) is 0 Å². The quantitative estimate of drug-likeness (QED) is 0.808. The number of halogens is 1. The van der Waals surface area contributed by atoms with E-state index in [4.69, 9.17) is 0 Å². The minimum absolute atomic E-state index is 0.245. The van der Waals surface area contributed by atoms with Crippen molar-refractivity contribution in [3.63, 3.8) is 0 Å². The van der Waals surface area contributed by atoms with E-state index in [9.17, 15) is 4.39 Å². The molecule has 2 rings (SSSR count). The van der Waals surface area contributed by atoms with Crippen molar-refractivity contribution in [2.45, 2.75) is 13.5 Å². The van der Waals surface area contributed by atoms with Gasteiger partial charge in [0.25, 0.3) is 0 Å². The molecule has 15 heavy (non-hydrogen) atoms. The molecule has 0 aliphatic heterocycles. The molecule has 0 unspecified atom stereocenters. The van der Waals surface area contributed by atoms with Crippen molar-refractivity contribution in [1.29, 1.82) is 0 Å². The molecule has 1 aromatic heterocycles. The van der Waals surface area contributed by atoms with Crippen LogP contribution in [0.1, 0.15) is 11.4 Å². The van der Waals surface area contributed by atoms with Gasteiger partial charge in [0.2, 0.25) is 0 Å². The van der Waals surface area contributed by atoms with Gasteiger partial charge in [0.05, 0.1) is 24.3 Å². The van der Waals surface area contributed by atoms with Crippen molar-refractivity contribution in [3.8, 4) is 0 Å². The molecule has 1 heterocycles. The Morgan fingerprint density at radius 3 is 2.87 bits per heavy atom. The highest BCUT2D eigenvalue weighted by molar-refractivity contribution is 5.44. The Bertz CT molecular complexity index is 451. The number of hydrogen-bond donors (Lipinski definition) is 2. The largest absolute Gasteiger partial charge is 0.377 e. The number of anilines is 1. The zero-order valence-electron chi connectivity index (χ0n) is 8.42. The van der Waals surface area contributed by atoms with Crippen LogP contribution in [-0.2, 0) is 6.54 Å². The predicted molar refractivity (Wildman–Crippen MR) is 57.1 cm³/mol. The van der Waals surface area contributed by atoms with Crippen LogP contribution < -0.4 is 5.32 Å². The number of benzene rings is 1. The van der Waals surface area contributed by atoms with Gasteiger partial charge in [0, 0.05) is 5.69 Å². The van der Waals surface area contributed by atoms with E-state index >= 15 is 0 Å². The summed E-state index contributed by atoms with van der Waals surface area (Å²) in [4.78, 5) is 7.09. The van der Waals surface area contributed by atoms with E-state index in [1.807, 2.05) is 6.92 Å². The van der Waals surface area contributed by atoms with Gasteiger partial charge < -0.3 is 10.3 Å². The average molecular weight is 205 g/mol. The second kappa shape index (κ2) is 4.13. The van der Waals surface area contributed by atoms with Crippen molar-refractivity contribution in [2.24, 2.45) is 0 Å². The Morgan fingerprint density at radius 1 is 1.40 bits per heavy atom. The van der Waals surface area contributed by atoms with E-state index in [1.165, 1.54) is 6.07 Å². The number of hydrogen-bond acceptors (Lipinski definition) is 2. The summed E-state index contributed by atoms with van der Waals surface area (Å²) < 4.78 is 13.2. The van der Waals surface area contributed by atoms with Crippen LogP contribution in [0.2, 0.25) is 0 Å². The van der Waals surface area contributed by atoms with Crippen LogP contribution in [0.25, 0.3) is 0 Å². The third-order valence-electron chi connectivity index (χ3n) is 2.25. The molecule has 0 atom stereocenters. The molecule has 0 spiro atoms. The Balaban J connectivity index is 2.06. The van der Waals surface area contributed by atoms with Crippen LogP contribution in [0.5, 0.6) is 0 Å². The van der Waals surface area contributed by atoms with Crippen molar-refractivity contribution < 1.29 is 4.39 Å². The van der Waals surface area contributed by atoms with Gasteiger partial charge in [-0.15, -0.1) is 0 Å². The highest BCUT2D eigenvalue weighted by Gasteiger charge is 2.02. The van der Waals surface area contributed by atoms with Crippen LogP contribution >= 0.6 is 0 Å². The molecule has 78 valence electrons. The molecule has 0 fully saturated rings. The van der Waals surface area contributed by atoms with Gasteiger partial charge in [-0.05, 0) is 19.1 Å². The van der Waals surface area contributed by atoms with Crippen LogP contribution in [0.15, 0.2) is 30.6 Å². The van der Waals surface area contributed by atoms with Gasteiger partial charge in [0.1, 0.15) is 5.82 Å². The summed E-state index contributed by atoms with van der Waals surface area (Å²) in [6.45, 7) is 2.46. The summed E-state index contributed by atoms with van der Waals surface area (Å²) in [6.07, 6.45) is 1.63. The van der Waals surface area contributed by atoms with Crippen LogP contribution in [0, 0.1) is 12.7 Å². The molecule has 3 nitrogen and oxygen atoms in total. The van der Waals surface area contributed by atoms with E-state index in [0.29, 0.717) is 12.2 Å². The summed E-state index contributed by atoms with van der Waals surface area (Å²) in [6, 6.07) is 6.60. The number of nitrogens with zero attached hydrogens (tertiary/aromatic N) is 1. The lowest BCUT2D eigenvalue weighted by atomic mass is 10.3. The minimum Gasteiger partial charge on any atom is -0.377 e. The maximum absolute atomic E-state index is 13.2. The monoisotopic (exact) mass is 205 g/mol. The lowest BCUT2D eigenvalue weighted by molar-refractivity contribution is 0.630. The van der Waals surface area contributed by atoms with E-state index in [0.717, 1.165) is 11.4 Å². The molecule has 0 radical (unpaired) electrons. The Kier molecular flexibility index (Phi) is 2.67. The van der Waals surface area contributed by atoms with Crippen LogP contribution in [0.4, 0.5) is 10.1 Å². The van der Waals surface area contributed by atoms with Crippen molar-refractivity contribution in [1.82, 2.24) is 9.97 Å². The highest BCUT2D eigenvalue weighted by atomic mass is 19.1. The summed E-state index contributed by atoms with van der Waals surface area (Å²) in [5, 5.41) is 3.00. The second-order valence-electron chi connectivity index (χ2n) is 3.31. The minimum atomic E-state index is -0.245. The summed E-state index contributed by atoms with van der Waals surface area (Å²) in [7, 11) is 0. The first-order valence-corrected chi connectivity index (χ1v) is 4.74. The zero-order chi connectivity index (χ0) is 10.7. The van der Waals surface area contributed by atoms with E-state index in [1.54, 1.807) is 24.5 Å². The van der Waals surface area contributed by atoms with Crippen molar-refractivity contribution >= 4 is 5.69 Å². The first-order chi connectivity index (χ1) is 7.27. The normalized spacial score (nSPS) is 10.3. The first kappa shape index (κ1) is 9.71. The van der Waals surface area contributed by atoms with E-state index in [2.05, 4.69) is 15.3 Å². The number of aryl methyl sites for hydroxylation is 1. The third-order valence-corrected chi connectivity index (χ3v) is 2.25. The lowest BCUT2D eigenvalue weighted by Gasteiger charge is -2.05. The number of rotatable bonds is 3. The Hall–Kier alpha value is -1.84.